The van der Waals surface area contributed by atoms with E-state index in [0.29, 0.717) is 5.56 Å². The lowest BCUT2D eigenvalue weighted by atomic mass is 10.1. The average molecular weight is 224 g/mol. The first kappa shape index (κ1) is 10.1. The van der Waals surface area contributed by atoms with E-state index in [4.69, 9.17) is 5.26 Å². The Morgan fingerprint density at radius 1 is 1.41 bits per heavy atom. The molecule has 1 aromatic carbocycles. The smallest absolute Gasteiger partial charge is 0.234 e. The molecule has 1 saturated heterocycles. The Bertz CT molecular complexity index is 568. The number of amides is 1. The van der Waals surface area contributed by atoms with Crippen molar-refractivity contribution in [3.05, 3.63) is 41.5 Å². The number of benzene rings is 1. The highest BCUT2D eigenvalue weighted by atomic mass is 16.2. The van der Waals surface area contributed by atoms with Crippen LogP contribution in [0.4, 0.5) is 5.69 Å². The number of anilines is 1. The number of nitriles is 1. The van der Waals surface area contributed by atoms with E-state index in [2.05, 4.69) is 12.1 Å². The van der Waals surface area contributed by atoms with Gasteiger partial charge in [-0.2, -0.15) is 5.26 Å². The monoisotopic (exact) mass is 224 g/mol. The summed E-state index contributed by atoms with van der Waals surface area (Å²) in [4.78, 5) is 13.9. The lowest BCUT2D eigenvalue weighted by molar-refractivity contribution is -0.119. The summed E-state index contributed by atoms with van der Waals surface area (Å²) < 4.78 is 0. The molecular weight excluding hydrogens is 212 g/mol. The van der Waals surface area contributed by atoms with Gasteiger partial charge in [-0.1, -0.05) is 12.2 Å². The molecule has 1 heterocycles. The van der Waals surface area contributed by atoms with E-state index in [9.17, 15) is 4.79 Å². The van der Waals surface area contributed by atoms with Gasteiger partial charge in [-0.05, 0) is 37.1 Å². The van der Waals surface area contributed by atoms with E-state index >= 15 is 0 Å². The highest BCUT2D eigenvalue weighted by Crippen LogP contribution is 2.36. The second-order valence-corrected chi connectivity index (χ2v) is 4.61. The minimum atomic E-state index is 0.0657. The summed E-state index contributed by atoms with van der Waals surface area (Å²) >= 11 is 0. The molecule has 3 rings (SSSR count). The third-order valence-corrected chi connectivity index (χ3v) is 3.56. The fourth-order valence-electron chi connectivity index (χ4n) is 2.64. The Kier molecular flexibility index (Phi) is 2.05. The zero-order chi connectivity index (χ0) is 12.0. The third kappa shape index (κ3) is 1.38. The van der Waals surface area contributed by atoms with Gasteiger partial charge in [0.25, 0.3) is 0 Å². The normalized spacial score (nSPS) is 25.4. The maximum Gasteiger partial charge on any atom is 0.234 e. The SMILES string of the molecule is Cc1cc(N2C(=O)[C@H]3C=C[C@@H]2C3)ccc1C#N. The molecule has 0 saturated carbocycles. The van der Waals surface area contributed by atoms with Gasteiger partial charge in [0.2, 0.25) is 5.91 Å². The molecule has 1 fully saturated rings. The van der Waals surface area contributed by atoms with Crippen molar-refractivity contribution in [1.29, 1.82) is 5.26 Å². The van der Waals surface area contributed by atoms with Gasteiger partial charge >= 0.3 is 0 Å². The van der Waals surface area contributed by atoms with Gasteiger partial charge in [0.15, 0.2) is 0 Å². The Labute approximate surface area is 100.0 Å². The van der Waals surface area contributed by atoms with E-state index in [1.54, 1.807) is 6.07 Å². The van der Waals surface area contributed by atoms with Gasteiger partial charge < -0.3 is 4.90 Å². The van der Waals surface area contributed by atoms with Crippen LogP contribution in [-0.2, 0) is 4.79 Å². The minimum absolute atomic E-state index is 0.0657. The summed E-state index contributed by atoms with van der Waals surface area (Å²) in [6.07, 6.45) is 5.00. The molecule has 0 radical (unpaired) electrons. The Balaban J connectivity index is 2.01. The molecule has 1 aliphatic carbocycles. The largest absolute Gasteiger partial charge is 0.305 e. The molecule has 3 heteroatoms. The number of aryl methyl sites for hydroxylation is 1. The first-order chi connectivity index (χ1) is 8.20. The van der Waals surface area contributed by atoms with E-state index in [0.717, 1.165) is 17.7 Å². The van der Waals surface area contributed by atoms with Crippen LogP contribution in [0, 0.1) is 24.2 Å². The van der Waals surface area contributed by atoms with E-state index in [1.165, 1.54) is 0 Å². The number of rotatable bonds is 1. The highest BCUT2D eigenvalue weighted by molar-refractivity contribution is 6.01. The number of nitrogens with zero attached hydrogens (tertiary/aromatic N) is 2. The van der Waals surface area contributed by atoms with Gasteiger partial charge in [0, 0.05) is 5.69 Å². The van der Waals surface area contributed by atoms with Crippen LogP contribution in [0.3, 0.4) is 0 Å². The van der Waals surface area contributed by atoms with E-state index in [-0.39, 0.29) is 17.9 Å². The Hall–Kier alpha value is -2.08. The quantitative estimate of drug-likeness (QED) is 0.686. The summed E-state index contributed by atoms with van der Waals surface area (Å²) in [6, 6.07) is 7.92. The number of hydrogen-bond acceptors (Lipinski definition) is 2. The van der Waals surface area contributed by atoms with Crippen molar-refractivity contribution >= 4 is 11.6 Å². The van der Waals surface area contributed by atoms with Gasteiger partial charge in [0.05, 0.1) is 23.6 Å². The molecule has 17 heavy (non-hydrogen) atoms. The third-order valence-electron chi connectivity index (χ3n) is 3.56. The van der Waals surface area contributed by atoms with Crippen molar-refractivity contribution in [2.45, 2.75) is 19.4 Å². The zero-order valence-corrected chi connectivity index (χ0v) is 9.55. The average Bonchev–Trinajstić information content (AvgIpc) is 2.89. The molecule has 1 aliphatic heterocycles. The molecule has 2 bridgehead atoms. The molecule has 1 amide bonds. The van der Waals surface area contributed by atoms with Crippen molar-refractivity contribution < 1.29 is 4.79 Å². The second kappa shape index (κ2) is 3.46. The zero-order valence-electron chi connectivity index (χ0n) is 9.55. The molecular formula is C14H12N2O. The first-order valence-corrected chi connectivity index (χ1v) is 5.73. The number of carbonyl (C=O) groups is 1. The standard InChI is InChI=1S/C14H12N2O/c1-9-6-12(5-3-11(9)8-15)16-13-4-2-10(7-13)14(16)17/h2-6,10,13H,7H2,1H3/t10-,13+/m0/s1. The van der Waals surface area contributed by atoms with Crippen LogP contribution in [0.1, 0.15) is 17.5 Å². The van der Waals surface area contributed by atoms with Crippen molar-refractivity contribution in [3.63, 3.8) is 0 Å². The number of hydrogen-bond donors (Lipinski definition) is 0. The Morgan fingerprint density at radius 2 is 2.24 bits per heavy atom. The molecule has 0 N–H and O–H groups in total. The van der Waals surface area contributed by atoms with Crippen molar-refractivity contribution in [1.82, 2.24) is 0 Å². The van der Waals surface area contributed by atoms with Crippen molar-refractivity contribution in [2.75, 3.05) is 4.90 Å². The van der Waals surface area contributed by atoms with Gasteiger partial charge in [-0.25, -0.2) is 0 Å². The maximum absolute atomic E-state index is 12.0. The summed E-state index contributed by atoms with van der Waals surface area (Å²) in [5.41, 5.74) is 2.49. The number of carbonyl (C=O) groups excluding carboxylic acids is 1. The van der Waals surface area contributed by atoms with E-state index < -0.39 is 0 Å². The van der Waals surface area contributed by atoms with Gasteiger partial charge in [0.1, 0.15) is 0 Å². The van der Waals surface area contributed by atoms with Crippen LogP contribution in [0.5, 0.6) is 0 Å². The second-order valence-electron chi connectivity index (χ2n) is 4.61. The molecule has 0 unspecified atom stereocenters. The van der Waals surface area contributed by atoms with Crippen LogP contribution in [0.15, 0.2) is 30.4 Å². The molecule has 1 aromatic rings. The lowest BCUT2D eigenvalue weighted by Gasteiger charge is -2.24. The molecule has 2 aliphatic rings. The first-order valence-electron chi connectivity index (χ1n) is 5.73. The van der Waals surface area contributed by atoms with Crippen LogP contribution in [0.25, 0.3) is 0 Å². The summed E-state index contributed by atoms with van der Waals surface area (Å²) in [5.74, 6) is 0.248. The van der Waals surface area contributed by atoms with Crippen molar-refractivity contribution in [2.24, 2.45) is 5.92 Å². The maximum atomic E-state index is 12.0. The predicted octanol–water partition coefficient (Wildman–Crippen LogP) is 2.16. The summed E-state index contributed by atoms with van der Waals surface area (Å²) in [5, 5.41) is 8.89. The van der Waals surface area contributed by atoms with Crippen LogP contribution >= 0.6 is 0 Å². The molecule has 2 atom stereocenters. The van der Waals surface area contributed by atoms with Crippen molar-refractivity contribution in [3.8, 4) is 6.07 Å². The fourth-order valence-corrected chi connectivity index (χ4v) is 2.64. The number of fused-ring (bicyclic) bond motifs is 2. The molecule has 0 spiro atoms. The predicted molar refractivity (Wildman–Crippen MR) is 64.4 cm³/mol. The Morgan fingerprint density at radius 3 is 2.82 bits per heavy atom. The topological polar surface area (TPSA) is 44.1 Å². The van der Waals surface area contributed by atoms with Crippen LogP contribution in [0.2, 0.25) is 0 Å². The summed E-state index contributed by atoms with van der Waals surface area (Å²) in [7, 11) is 0. The highest BCUT2D eigenvalue weighted by Gasteiger charge is 2.41. The molecule has 84 valence electrons. The minimum Gasteiger partial charge on any atom is -0.305 e. The van der Waals surface area contributed by atoms with Gasteiger partial charge in [-0.15, -0.1) is 0 Å². The summed E-state index contributed by atoms with van der Waals surface area (Å²) in [6.45, 7) is 1.90. The molecule has 0 aromatic heterocycles. The lowest BCUT2D eigenvalue weighted by Crippen LogP contribution is -2.34. The van der Waals surface area contributed by atoms with Crippen LogP contribution < -0.4 is 4.90 Å². The van der Waals surface area contributed by atoms with Gasteiger partial charge in [-0.3, -0.25) is 4.79 Å². The van der Waals surface area contributed by atoms with E-state index in [1.807, 2.05) is 30.0 Å². The fraction of sp³-hybridized carbons (Fsp3) is 0.286. The van der Waals surface area contributed by atoms with Crippen LogP contribution in [-0.4, -0.2) is 11.9 Å². The molecule has 3 nitrogen and oxygen atoms in total.